The van der Waals surface area contributed by atoms with Crippen molar-refractivity contribution in [2.75, 3.05) is 11.5 Å². The van der Waals surface area contributed by atoms with E-state index in [0.717, 1.165) is 17.1 Å². The van der Waals surface area contributed by atoms with Gasteiger partial charge in [0.1, 0.15) is 16.7 Å². The maximum Gasteiger partial charge on any atom is 0.197 e. The maximum absolute atomic E-state index is 5.64. The first kappa shape index (κ1) is 15.5. The first-order chi connectivity index (χ1) is 9.82. The highest BCUT2D eigenvalue weighted by molar-refractivity contribution is 7.99. The summed E-state index contributed by atoms with van der Waals surface area (Å²) in [6, 6.07) is 5.50. The van der Waals surface area contributed by atoms with E-state index in [1.807, 2.05) is 18.3 Å². The van der Waals surface area contributed by atoms with Crippen molar-refractivity contribution in [3.8, 4) is 0 Å². The van der Waals surface area contributed by atoms with Crippen LogP contribution in [0.5, 0.6) is 0 Å². The van der Waals surface area contributed by atoms with Crippen LogP contribution in [-0.2, 0) is 6.54 Å². The van der Waals surface area contributed by atoms with Gasteiger partial charge in [0.25, 0.3) is 0 Å². The quantitative estimate of drug-likeness (QED) is 0.743. The molecule has 7 heteroatoms. The highest BCUT2D eigenvalue weighted by Gasteiger charge is 2.09. The van der Waals surface area contributed by atoms with Crippen molar-refractivity contribution < 1.29 is 0 Å². The Balaban J connectivity index is 2.02. The summed E-state index contributed by atoms with van der Waals surface area (Å²) in [6.07, 6.45) is 1.84. The third-order valence-corrected chi connectivity index (χ3v) is 3.38. The zero-order chi connectivity index (χ0) is 15.5. The van der Waals surface area contributed by atoms with Gasteiger partial charge in [-0.05, 0) is 44.2 Å². The van der Waals surface area contributed by atoms with E-state index in [4.69, 9.17) is 11.5 Å². The van der Waals surface area contributed by atoms with Crippen LogP contribution in [0.4, 0.5) is 11.6 Å². The van der Waals surface area contributed by atoms with Crippen LogP contribution in [0.3, 0.4) is 0 Å². The number of aromatic nitrogens is 3. The second-order valence-corrected chi connectivity index (χ2v) is 6.70. The lowest BCUT2D eigenvalue weighted by molar-refractivity contribution is 0.424. The minimum atomic E-state index is 0.0837. The standard InChI is InChI=1S/C14H20N6S/c1-14(2,3)18-8-9-4-5-12(17-7-9)21-13-19-10(15)6-11(16)20-13/h4-7,18H,8H2,1-3H3,(H4,15,16,19,20). The summed E-state index contributed by atoms with van der Waals surface area (Å²) in [4.78, 5) is 12.6. The van der Waals surface area contributed by atoms with Gasteiger partial charge in [-0.2, -0.15) is 0 Å². The Morgan fingerprint density at radius 1 is 1.14 bits per heavy atom. The number of nitrogen functional groups attached to an aromatic ring is 2. The first-order valence-electron chi connectivity index (χ1n) is 6.60. The second kappa shape index (κ2) is 6.28. The SMILES string of the molecule is CC(C)(C)NCc1ccc(Sc2nc(N)cc(N)n2)nc1. The van der Waals surface area contributed by atoms with Crippen molar-refractivity contribution in [2.24, 2.45) is 0 Å². The topological polar surface area (TPSA) is 103 Å². The molecule has 21 heavy (non-hydrogen) atoms. The molecule has 0 saturated heterocycles. The lowest BCUT2D eigenvalue weighted by atomic mass is 10.1. The van der Waals surface area contributed by atoms with Crippen molar-refractivity contribution in [2.45, 2.75) is 43.0 Å². The Labute approximate surface area is 128 Å². The number of hydrogen-bond donors (Lipinski definition) is 3. The normalized spacial score (nSPS) is 11.6. The number of nitrogens with zero attached hydrogens (tertiary/aromatic N) is 3. The Morgan fingerprint density at radius 3 is 2.33 bits per heavy atom. The maximum atomic E-state index is 5.64. The van der Waals surface area contributed by atoms with Gasteiger partial charge in [0, 0.05) is 24.3 Å². The minimum absolute atomic E-state index is 0.0837. The van der Waals surface area contributed by atoms with Crippen molar-refractivity contribution in [3.63, 3.8) is 0 Å². The van der Waals surface area contributed by atoms with Crippen LogP contribution >= 0.6 is 11.8 Å². The molecule has 5 N–H and O–H groups in total. The molecule has 0 atom stereocenters. The Morgan fingerprint density at radius 2 is 1.81 bits per heavy atom. The van der Waals surface area contributed by atoms with E-state index in [1.54, 1.807) is 0 Å². The molecule has 2 aromatic rings. The molecule has 2 rings (SSSR count). The number of pyridine rings is 1. The predicted molar refractivity (Wildman–Crippen MR) is 85.8 cm³/mol. The summed E-state index contributed by atoms with van der Waals surface area (Å²) in [5, 5.41) is 4.72. The largest absolute Gasteiger partial charge is 0.383 e. The average molecular weight is 304 g/mol. The van der Waals surface area contributed by atoms with Gasteiger partial charge in [-0.1, -0.05) is 6.07 Å². The Kier molecular flexibility index (Phi) is 4.64. The molecule has 6 nitrogen and oxygen atoms in total. The van der Waals surface area contributed by atoms with Crippen LogP contribution in [-0.4, -0.2) is 20.5 Å². The van der Waals surface area contributed by atoms with Gasteiger partial charge in [-0.15, -0.1) is 0 Å². The molecule has 0 aromatic carbocycles. The zero-order valence-corrected chi connectivity index (χ0v) is 13.2. The van der Waals surface area contributed by atoms with Gasteiger partial charge in [-0.25, -0.2) is 15.0 Å². The van der Waals surface area contributed by atoms with Gasteiger partial charge < -0.3 is 16.8 Å². The van der Waals surface area contributed by atoms with Gasteiger partial charge >= 0.3 is 0 Å². The number of rotatable bonds is 4. The van der Waals surface area contributed by atoms with E-state index in [9.17, 15) is 0 Å². The number of hydrogen-bond acceptors (Lipinski definition) is 7. The van der Waals surface area contributed by atoms with Crippen molar-refractivity contribution >= 4 is 23.4 Å². The van der Waals surface area contributed by atoms with Crippen LogP contribution < -0.4 is 16.8 Å². The lowest BCUT2D eigenvalue weighted by Crippen LogP contribution is -2.35. The number of anilines is 2. The second-order valence-electron chi connectivity index (χ2n) is 5.71. The fourth-order valence-electron chi connectivity index (χ4n) is 1.54. The molecule has 0 amide bonds. The summed E-state index contributed by atoms with van der Waals surface area (Å²) < 4.78 is 0. The summed E-state index contributed by atoms with van der Waals surface area (Å²) in [7, 11) is 0. The molecule has 0 bridgehead atoms. The number of nitrogens with two attached hydrogens (primary N) is 2. The van der Waals surface area contributed by atoms with E-state index < -0.39 is 0 Å². The van der Waals surface area contributed by atoms with Crippen LogP contribution in [0.15, 0.2) is 34.6 Å². The molecule has 0 spiro atoms. The fraction of sp³-hybridized carbons (Fsp3) is 0.357. The summed E-state index contributed by atoms with van der Waals surface area (Å²) in [6.45, 7) is 7.17. The Hall–Kier alpha value is -1.86. The van der Waals surface area contributed by atoms with Gasteiger partial charge in [-0.3, -0.25) is 0 Å². The highest BCUT2D eigenvalue weighted by atomic mass is 32.2. The molecule has 0 fully saturated rings. The lowest BCUT2D eigenvalue weighted by Gasteiger charge is -2.20. The molecule has 2 aromatic heterocycles. The van der Waals surface area contributed by atoms with Crippen LogP contribution in [0.2, 0.25) is 0 Å². The Bertz CT molecular complexity index is 586. The first-order valence-corrected chi connectivity index (χ1v) is 7.41. The summed E-state index contributed by atoms with van der Waals surface area (Å²) >= 11 is 1.33. The van der Waals surface area contributed by atoms with E-state index in [0.29, 0.717) is 16.8 Å². The fourth-order valence-corrected chi connectivity index (χ4v) is 2.27. The molecule has 0 aliphatic carbocycles. The van der Waals surface area contributed by atoms with Crippen LogP contribution in [0.1, 0.15) is 26.3 Å². The van der Waals surface area contributed by atoms with Crippen LogP contribution in [0, 0.1) is 0 Å². The van der Waals surface area contributed by atoms with E-state index in [1.165, 1.54) is 17.8 Å². The molecule has 0 aliphatic heterocycles. The average Bonchev–Trinajstić information content (AvgIpc) is 2.36. The third kappa shape index (κ3) is 5.20. The monoisotopic (exact) mass is 304 g/mol. The van der Waals surface area contributed by atoms with Crippen LogP contribution in [0.25, 0.3) is 0 Å². The smallest absolute Gasteiger partial charge is 0.197 e. The molecule has 2 heterocycles. The van der Waals surface area contributed by atoms with Gasteiger partial charge in [0.15, 0.2) is 5.16 Å². The molecule has 0 saturated carbocycles. The molecule has 0 aliphatic rings. The van der Waals surface area contributed by atoms with Crippen molar-refractivity contribution in [1.29, 1.82) is 0 Å². The van der Waals surface area contributed by atoms with Crippen molar-refractivity contribution in [1.82, 2.24) is 20.3 Å². The molecular formula is C14H20N6S. The highest BCUT2D eigenvalue weighted by Crippen LogP contribution is 2.24. The van der Waals surface area contributed by atoms with E-state index in [2.05, 4.69) is 41.0 Å². The van der Waals surface area contributed by atoms with E-state index in [-0.39, 0.29) is 5.54 Å². The third-order valence-electron chi connectivity index (χ3n) is 2.56. The molecule has 112 valence electrons. The molecular weight excluding hydrogens is 284 g/mol. The number of nitrogens with one attached hydrogen (secondary N) is 1. The zero-order valence-electron chi connectivity index (χ0n) is 12.4. The van der Waals surface area contributed by atoms with Crippen molar-refractivity contribution in [3.05, 3.63) is 30.0 Å². The minimum Gasteiger partial charge on any atom is -0.383 e. The summed E-state index contributed by atoms with van der Waals surface area (Å²) in [5.41, 5.74) is 12.5. The predicted octanol–water partition coefficient (Wildman–Crippen LogP) is 2.08. The summed E-state index contributed by atoms with van der Waals surface area (Å²) in [5.74, 6) is 0.715. The van der Waals surface area contributed by atoms with Gasteiger partial charge in [0.05, 0.1) is 0 Å². The molecule has 0 radical (unpaired) electrons. The van der Waals surface area contributed by atoms with Gasteiger partial charge in [0.2, 0.25) is 0 Å². The van der Waals surface area contributed by atoms with E-state index >= 15 is 0 Å². The molecule has 0 unspecified atom stereocenters.